The molecule has 0 amide bonds. The second-order valence-corrected chi connectivity index (χ2v) is 15.7. The number of nitrogens with zero attached hydrogens (tertiary/aromatic N) is 1. The van der Waals surface area contributed by atoms with Crippen LogP contribution in [0.1, 0.15) is 112 Å². The Morgan fingerprint density at radius 3 is 2.59 bits per heavy atom. The Bertz CT molecular complexity index is 984. The molecule has 0 aromatic heterocycles. The monoisotopic (exact) mass is 513 g/mol. The Morgan fingerprint density at radius 1 is 1.08 bits per heavy atom. The zero-order valence-corrected chi connectivity index (χ0v) is 24.2. The molecule has 1 spiro atoms. The molecule has 1 unspecified atom stereocenters. The van der Waals surface area contributed by atoms with Gasteiger partial charge in [-0.05, 0) is 106 Å². The number of aliphatic hydroxyl groups excluding tert-OH is 1. The van der Waals surface area contributed by atoms with Crippen LogP contribution < -0.4 is 0 Å². The van der Waals surface area contributed by atoms with E-state index in [1.807, 2.05) is 0 Å². The number of hydrogen-bond acceptors (Lipinski definition) is 5. The summed E-state index contributed by atoms with van der Waals surface area (Å²) in [4.78, 5) is 15.2. The first-order valence-corrected chi connectivity index (χ1v) is 15.7. The predicted molar refractivity (Wildman–Crippen MR) is 143 cm³/mol. The lowest BCUT2D eigenvalue weighted by molar-refractivity contribution is -0.188. The fourth-order valence-electron chi connectivity index (χ4n) is 13.0. The van der Waals surface area contributed by atoms with Gasteiger partial charge in [0.25, 0.3) is 0 Å². The third-order valence-electron chi connectivity index (χ3n) is 14.5. The minimum absolute atomic E-state index is 0.204. The highest BCUT2D eigenvalue weighted by Crippen LogP contribution is 2.79. The van der Waals surface area contributed by atoms with E-state index in [2.05, 4.69) is 39.5 Å². The summed E-state index contributed by atoms with van der Waals surface area (Å²) in [6, 6.07) is 0.713. The predicted octanol–water partition coefficient (Wildman–Crippen LogP) is 5.93. The van der Waals surface area contributed by atoms with Crippen molar-refractivity contribution in [2.24, 2.45) is 45.8 Å². The number of fused-ring (bicyclic) bond motifs is 4. The van der Waals surface area contributed by atoms with Gasteiger partial charge in [-0.15, -0.1) is 0 Å². The quantitative estimate of drug-likeness (QED) is 0.462. The summed E-state index contributed by atoms with van der Waals surface area (Å²) < 4.78 is 12.3. The summed E-state index contributed by atoms with van der Waals surface area (Å²) in [6.45, 7) is 14.9. The molecular weight excluding hydrogens is 462 g/mol. The smallest absolute Gasteiger partial charge is 0.302 e. The van der Waals surface area contributed by atoms with Crippen LogP contribution in [0.4, 0.5) is 0 Å². The topological polar surface area (TPSA) is 59.0 Å². The molecule has 1 N–H and O–H groups in total. The van der Waals surface area contributed by atoms with Gasteiger partial charge in [0.2, 0.25) is 0 Å². The Hall–Kier alpha value is -0.650. The van der Waals surface area contributed by atoms with Crippen molar-refractivity contribution in [3.05, 3.63) is 0 Å². The molecule has 7 rings (SSSR count). The van der Waals surface area contributed by atoms with Gasteiger partial charge in [-0.1, -0.05) is 34.1 Å². The van der Waals surface area contributed by atoms with Crippen molar-refractivity contribution in [1.82, 2.24) is 4.90 Å². The van der Waals surface area contributed by atoms with Gasteiger partial charge in [0, 0.05) is 31.0 Å². The van der Waals surface area contributed by atoms with Crippen molar-refractivity contribution >= 4 is 5.97 Å². The molecule has 4 saturated heterocycles. The van der Waals surface area contributed by atoms with E-state index in [-0.39, 0.29) is 23.6 Å². The highest BCUT2D eigenvalue weighted by Gasteiger charge is 2.80. The van der Waals surface area contributed by atoms with Crippen molar-refractivity contribution in [1.29, 1.82) is 0 Å². The zero-order valence-electron chi connectivity index (χ0n) is 24.2. The number of hydrogen-bond donors (Lipinski definition) is 1. The molecule has 7 bridgehead atoms. The third-order valence-corrected chi connectivity index (χ3v) is 14.5. The minimum Gasteiger partial charge on any atom is -0.462 e. The van der Waals surface area contributed by atoms with Crippen LogP contribution in [-0.2, 0) is 14.3 Å². The molecule has 0 radical (unpaired) electrons. The average Bonchev–Trinajstić information content (AvgIpc) is 3.35. The highest BCUT2D eigenvalue weighted by atomic mass is 16.6. The van der Waals surface area contributed by atoms with E-state index in [0.29, 0.717) is 22.4 Å². The number of rotatable bonds is 5. The van der Waals surface area contributed by atoms with Gasteiger partial charge in [0.1, 0.15) is 6.10 Å². The number of esters is 1. The van der Waals surface area contributed by atoms with Gasteiger partial charge >= 0.3 is 5.97 Å². The molecule has 7 fully saturated rings. The van der Waals surface area contributed by atoms with E-state index < -0.39 is 11.7 Å². The molecule has 3 aliphatic carbocycles. The summed E-state index contributed by atoms with van der Waals surface area (Å²) in [7, 11) is 0. The molecular formula is C32H51NO4. The normalized spacial score (nSPS) is 59.1. The lowest BCUT2D eigenvalue weighted by atomic mass is 9.41. The lowest BCUT2D eigenvalue weighted by Gasteiger charge is -2.67. The lowest BCUT2D eigenvalue weighted by Crippen LogP contribution is -2.68. The first-order chi connectivity index (χ1) is 17.4. The summed E-state index contributed by atoms with van der Waals surface area (Å²) in [5.74, 6) is 3.13. The number of ether oxygens (including phenoxy) is 2. The van der Waals surface area contributed by atoms with Crippen LogP contribution in [-0.4, -0.2) is 52.1 Å². The fraction of sp³-hybridized carbons (Fsp3) is 0.969. The number of aliphatic hydroxyl groups is 1. The molecule has 4 heterocycles. The van der Waals surface area contributed by atoms with E-state index in [1.54, 1.807) is 0 Å². The van der Waals surface area contributed by atoms with Crippen LogP contribution in [0.25, 0.3) is 0 Å². The van der Waals surface area contributed by atoms with Gasteiger partial charge in [0.15, 0.2) is 6.29 Å². The van der Waals surface area contributed by atoms with Crippen molar-refractivity contribution in [3.63, 3.8) is 0 Å². The fourth-order valence-corrected chi connectivity index (χ4v) is 13.0. The van der Waals surface area contributed by atoms with E-state index in [9.17, 15) is 9.90 Å². The molecule has 0 aromatic carbocycles. The molecule has 0 aromatic rings. The van der Waals surface area contributed by atoms with Crippen LogP contribution in [0, 0.1) is 45.8 Å². The van der Waals surface area contributed by atoms with E-state index in [0.717, 1.165) is 42.9 Å². The molecule has 7 aliphatic rings. The Balaban J connectivity index is 1.30. The van der Waals surface area contributed by atoms with Crippen molar-refractivity contribution in [2.75, 3.05) is 6.54 Å². The van der Waals surface area contributed by atoms with Crippen LogP contribution in [0.2, 0.25) is 0 Å². The Morgan fingerprint density at radius 2 is 1.86 bits per heavy atom. The minimum atomic E-state index is -0.870. The van der Waals surface area contributed by atoms with Crippen LogP contribution in [0.15, 0.2) is 0 Å². The van der Waals surface area contributed by atoms with Gasteiger partial charge < -0.3 is 14.6 Å². The van der Waals surface area contributed by atoms with Gasteiger partial charge in [-0.3, -0.25) is 9.69 Å². The maximum Gasteiger partial charge on any atom is 0.302 e. The average molecular weight is 514 g/mol. The van der Waals surface area contributed by atoms with Gasteiger partial charge in [-0.2, -0.15) is 0 Å². The molecule has 37 heavy (non-hydrogen) atoms. The molecule has 3 saturated carbocycles. The number of piperidine rings is 2. The van der Waals surface area contributed by atoms with Gasteiger partial charge in [0.05, 0.1) is 11.0 Å². The maximum atomic E-state index is 12.1. The standard InChI is InChI=1S/C32H51NO4/c1-19(2)22-10-14-28(4)21-9-16-31-13-7-8-24(31)32(28,26(22)33(31)18-21)17-11-23-29(5)15-12-25(36-20(3)34)30(23,6)27(35)37-29/h19,21-27,35H,7-18H2,1-6H3/t21-,22-,23+,24-,25+,26+,27-,28+,29-,30-,31-,32-/m1/s1. The van der Waals surface area contributed by atoms with Crippen LogP contribution >= 0.6 is 0 Å². The molecule has 5 heteroatoms. The van der Waals surface area contributed by atoms with Gasteiger partial charge in [-0.25, -0.2) is 0 Å². The summed E-state index contributed by atoms with van der Waals surface area (Å²) in [6.07, 6.45) is 12.7. The van der Waals surface area contributed by atoms with Crippen molar-refractivity contribution in [3.8, 4) is 0 Å². The van der Waals surface area contributed by atoms with E-state index in [4.69, 9.17) is 9.47 Å². The first-order valence-electron chi connectivity index (χ1n) is 15.7. The SMILES string of the molecule is CC(=O)O[C@H]1CC[C@@]2(C)O[C@@H](O)[C@]1(C)[C@H]2CC[C@@]12[C@@H]3[C@@H](C(C)C)CC[C@@]1(C)[C@@H]1CC[C@@]4(CCC[C@H]42)N3C1. The zero-order chi connectivity index (χ0) is 26.2. The Kier molecular flexibility index (Phi) is 5.31. The molecule has 5 nitrogen and oxygen atoms in total. The van der Waals surface area contributed by atoms with E-state index >= 15 is 0 Å². The number of carbonyl (C=O) groups is 1. The second-order valence-electron chi connectivity index (χ2n) is 15.7. The van der Waals surface area contributed by atoms with Crippen molar-refractivity contribution in [2.45, 2.75) is 142 Å². The van der Waals surface area contributed by atoms with Crippen LogP contribution in [0.3, 0.4) is 0 Å². The summed E-state index contributed by atoms with van der Waals surface area (Å²) in [5, 5.41) is 11.3. The summed E-state index contributed by atoms with van der Waals surface area (Å²) >= 11 is 0. The third kappa shape index (κ3) is 2.81. The summed E-state index contributed by atoms with van der Waals surface area (Å²) in [5.41, 5.74) is 0.348. The molecule has 13 atom stereocenters. The first kappa shape index (κ1) is 25.3. The molecule has 4 aliphatic heterocycles. The highest BCUT2D eigenvalue weighted by molar-refractivity contribution is 5.66. The largest absolute Gasteiger partial charge is 0.462 e. The molecule has 208 valence electrons. The van der Waals surface area contributed by atoms with E-state index in [1.165, 1.54) is 64.8 Å². The Labute approximate surface area is 224 Å². The number of carbonyl (C=O) groups excluding carboxylic acids is 1. The second kappa shape index (κ2) is 7.75. The maximum absolute atomic E-state index is 12.1. The van der Waals surface area contributed by atoms with Crippen molar-refractivity contribution < 1.29 is 19.4 Å². The van der Waals surface area contributed by atoms with Crippen LogP contribution in [0.5, 0.6) is 0 Å².